The van der Waals surface area contributed by atoms with Crippen molar-refractivity contribution in [3.05, 3.63) is 65.2 Å². The van der Waals surface area contributed by atoms with Gasteiger partial charge in [-0.3, -0.25) is 0 Å². The first-order valence-electron chi connectivity index (χ1n) is 7.18. The van der Waals surface area contributed by atoms with Gasteiger partial charge in [0.2, 0.25) is 0 Å². The van der Waals surface area contributed by atoms with E-state index < -0.39 is 0 Å². The molecule has 112 valence electrons. The number of rotatable bonds is 7. The van der Waals surface area contributed by atoms with Gasteiger partial charge in [-0.1, -0.05) is 42.5 Å². The van der Waals surface area contributed by atoms with Crippen LogP contribution < -0.4 is 10.1 Å². The van der Waals surface area contributed by atoms with E-state index in [1.165, 1.54) is 16.7 Å². The van der Waals surface area contributed by atoms with Crippen LogP contribution in [0, 0.1) is 0 Å². The van der Waals surface area contributed by atoms with E-state index >= 15 is 0 Å². The van der Waals surface area contributed by atoms with Crippen LogP contribution in [0.4, 0.5) is 0 Å². The van der Waals surface area contributed by atoms with E-state index in [4.69, 9.17) is 9.47 Å². The summed E-state index contributed by atoms with van der Waals surface area (Å²) in [6.07, 6.45) is 0. The lowest BCUT2D eigenvalue weighted by Crippen LogP contribution is -2.19. The Kier molecular flexibility index (Phi) is 5.78. The Morgan fingerprint density at radius 2 is 1.62 bits per heavy atom. The van der Waals surface area contributed by atoms with Gasteiger partial charge in [-0.2, -0.15) is 0 Å². The Bertz CT molecular complexity index is 569. The molecule has 0 bridgehead atoms. The highest BCUT2D eigenvalue weighted by Gasteiger charge is 2.11. The van der Waals surface area contributed by atoms with E-state index in [-0.39, 0.29) is 6.04 Å². The van der Waals surface area contributed by atoms with E-state index in [9.17, 15) is 0 Å². The fraction of sp³-hybridized carbons (Fsp3) is 0.333. The molecule has 1 atom stereocenters. The minimum absolute atomic E-state index is 0.219. The summed E-state index contributed by atoms with van der Waals surface area (Å²) in [6, 6.07) is 16.7. The summed E-state index contributed by atoms with van der Waals surface area (Å²) in [5.41, 5.74) is 3.66. The second kappa shape index (κ2) is 7.81. The molecule has 0 fully saturated rings. The van der Waals surface area contributed by atoms with E-state index in [0.717, 1.165) is 12.3 Å². The van der Waals surface area contributed by atoms with Crippen LogP contribution in [0.1, 0.15) is 29.7 Å². The average Bonchev–Trinajstić information content (AvgIpc) is 2.54. The van der Waals surface area contributed by atoms with Crippen LogP contribution in [0.15, 0.2) is 48.5 Å². The van der Waals surface area contributed by atoms with Gasteiger partial charge in [-0.05, 0) is 24.1 Å². The number of hydrogen-bond donors (Lipinski definition) is 1. The summed E-state index contributed by atoms with van der Waals surface area (Å²) < 4.78 is 10.7. The molecule has 1 N–H and O–H groups in total. The number of ether oxygens (including phenoxy) is 2. The molecule has 0 heterocycles. The van der Waals surface area contributed by atoms with Gasteiger partial charge in [0.15, 0.2) is 0 Å². The Balaban J connectivity index is 2.06. The summed E-state index contributed by atoms with van der Waals surface area (Å²) >= 11 is 0. The van der Waals surface area contributed by atoms with Gasteiger partial charge in [0.1, 0.15) is 5.75 Å². The van der Waals surface area contributed by atoms with Crippen LogP contribution >= 0.6 is 0 Å². The van der Waals surface area contributed by atoms with Crippen molar-refractivity contribution in [3.63, 3.8) is 0 Å². The van der Waals surface area contributed by atoms with Crippen molar-refractivity contribution < 1.29 is 9.47 Å². The lowest BCUT2D eigenvalue weighted by Gasteiger charge is -2.18. The molecule has 0 aliphatic carbocycles. The topological polar surface area (TPSA) is 30.5 Å². The normalized spacial score (nSPS) is 12.1. The van der Waals surface area contributed by atoms with Crippen LogP contribution in [0.5, 0.6) is 5.75 Å². The maximum Gasteiger partial charge on any atom is 0.123 e. The summed E-state index contributed by atoms with van der Waals surface area (Å²) in [6.45, 7) is 3.59. The summed E-state index contributed by atoms with van der Waals surface area (Å²) in [5, 5.41) is 3.55. The molecular formula is C18H23NO2. The van der Waals surface area contributed by atoms with E-state index in [1.54, 1.807) is 14.2 Å². The van der Waals surface area contributed by atoms with E-state index in [0.29, 0.717) is 6.61 Å². The fourth-order valence-electron chi connectivity index (χ4n) is 2.42. The number of benzene rings is 2. The number of para-hydroxylation sites is 1. The molecule has 3 nitrogen and oxygen atoms in total. The Labute approximate surface area is 126 Å². The average molecular weight is 285 g/mol. The van der Waals surface area contributed by atoms with Crippen LogP contribution in [0.2, 0.25) is 0 Å². The molecule has 0 unspecified atom stereocenters. The lowest BCUT2D eigenvalue weighted by atomic mass is 10.1. The molecule has 2 rings (SSSR count). The SMILES string of the molecule is COCc1ccccc1CN[C@H](C)c1ccccc1OC. The highest BCUT2D eigenvalue weighted by molar-refractivity contribution is 5.35. The van der Waals surface area contributed by atoms with Crippen molar-refractivity contribution in [2.24, 2.45) is 0 Å². The van der Waals surface area contributed by atoms with E-state index in [2.05, 4.69) is 36.5 Å². The van der Waals surface area contributed by atoms with Gasteiger partial charge in [0.25, 0.3) is 0 Å². The fourth-order valence-corrected chi connectivity index (χ4v) is 2.42. The van der Waals surface area contributed by atoms with E-state index in [1.807, 2.05) is 24.3 Å². The first kappa shape index (κ1) is 15.5. The second-order valence-electron chi connectivity index (χ2n) is 5.05. The molecule has 21 heavy (non-hydrogen) atoms. The largest absolute Gasteiger partial charge is 0.496 e. The predicted molar refractivity (Wildman–Crippen MR) is 85.4 cm³/mol. The third-order valence-electron chi connectivity index (χ3n) is 3.62. The zero-order chi connectivity index (χ0) is 15.1. The van der Waals surface area contributed by atoms with Crippen LogP contribution in [0.25, 0.3) is 0 Å². The standard InChI is InChI=1S/C18H23NO2/c1-14(17-10-6-7-11-18(17)21-3)19-12-15-8-4-5-9-16(15)13-20-2/h4-11,14,19H,12-13H2,1-3H3/t14-/m1/s1. The third kappa shape index (κ3) is 4.06. The van der Waals surface area contributed by atoms with Crippen molar-refractivity contribution in [2.45, 2.75) is 26.1 Å². The van der Waals surface area contributed by atoms with Gasteiger partial charge in [-0.25, -0.2) is 0 Å². The summed E-state index contributed by atoms with van der Waals surface area (Å²) in [7, 11) is 3.43. The number of methoxy groups -OCH3 is 2. The van der Waals surface area contributed by atoms with Crippen molar-refractivity contribution in [1.29, 1.82) is 0 Å². The maximum absolute atomic E-state index is 5.42. The smallest absolute Gasteiger partial charge is 0.123 e. The lowest BCUT2D eigenvalue weighted by molar-refractivity contribution is 0.184. The quantitative estimate of drug-likeness (QED) is 0.841. The van der Waals surface area contributed by atoms with Gasteiger partial charge in [-0.15, -0.1) is 0 Å². The molecule has 2 aromatic rings. The molecule has 0 radical (unpaired) electrons. The third-order valence-corrected chi connectivity index (χ3v) is 3.62. The molecular weight excluding hydrogens is 262 g/mol. The van der Waals surface area contributed by atoms with Crippen molar-refractivity contribution in [1.82, 2.24) is 5.32 Å². The van der Waals surface area contributed by atoms with Gasteiger partial charge >= 0.3 is 0 Å². The minimum atomic E-state index is 0.219. The maximum atomic E-state index is 5.42. The molecule has 0 amide bonds. The molecule has 3 heteroatoms. The Morgan fingerprint density at radius 1 is 0.952 bits per heavy atom. The zero-order valence-corrected chi connectivity index (χ0v) is 12.9. The molecule has 0 saturated carbocycles. The molecule has 0 aliphatic rings. The van der Waals surface area contributed by atoms with Crippen molar-refractivity contribution in [3.8, 4) is 5.75 Å². The first-order chi connectivity index (χ1) is 10.3. The molecule has 0 aliphatic heterocycles. The predicted octanol–water partition coefficient (Wildman–Crippen LogP) is 3.69. The minimum Gasteiger partial charge on any atom is -0.496 e. The number of hydrogen-bond acceptors (Lipinski definition) is 3. The van der Waals surface area contributed by atoms with Gasteiger partial charge in [0, 0.05) is 25.3 Å². The van der Waals surface area contributed by atoms with Crippen molar-refractivity contribution >= 4 is 0 Å². The van der Waals surface area contributed by atoms with Crippen LogP contribution in [-0.4, -0.2) is 14.2 Å². The zero-order valence-electron chi connectivity index (χ0n) is 12.9. The summed E-state index contributed by atoms with van der Waals surface area (Å²) in [5.74, 6) is 0.919. The monoisotopic (exact) mass is 285 g/mol. The number of nitrogens with one attached hydrogen (secondary N) is 1. The van der Waals surface area contributed by atoms with Gasteiger partial charge in [0.05, 0.1) is 13.7 Å². The highest BCUT2D eigenvalue weighted by atomic mass is 16.5. The van der Waals surface area contributed by atoms with Crippen molar-refractivity contribution in [2.75, 3.05) is 14.2 Å². The Hall–Kier alpha value is -1.84. The van der Waals surface area contributed by atoms with Crippen LogP contribution in [-0.2, 0) is 17.9 Å². The summed E-state index contributed by atoms with van der Waals surface area (Å²) in [4.78, 5) is 0. The highest BCUT2D eigenvalue weighted by Crippen LogP contribution is 2.24. The molecule has 0 aromatic heterocycles. The molecule has 0 spiro atoms. The molecule has 0 saturated heterocycles. The van der Waals surface area contributed by atoms with Gasteiger partial charge < -0.3 is 14.8 Å². The second-order valence-corrected chi connectivity index (χ2v) is 5.05. The Morgan fingerprint density at radius 3 is 2.33 bits per heavy atom. The first-order valence-corrected chi connectivity index (χ1v) is 7.18. The molecule has 2 aromatic carbocycles. The van der Waals surface area contributed by atoms with Crippen LogP contribution in [0.3, 0.4) is 0 Å².